The van der Waals surface area contributed by atoms with Crippen LogP contribution in [0.1, 0.15) is 43.0 Å². The van der Waals surface area contributed by atoms with Crippen LogP contribution >= 0.6 is 0 Å². The van der Waals surface area contributed by atoms with Crippen molar-refractivity contribution in [3.63, 3.8) is 0 Å². The van der Waals surface area contributed by atoms with Crippen molar-refractivity contribution in [2.24, 2.45) is 0 Å². The maximum absolute atomic E-state index is 13.0. The summed E-state index contributed by atoms with van der Waals surface area (Å²) in [4.78, 5) is 24.0. The summed E-state index contributed by atoms with van der Waals surface area (Å²) in [5.74, 6) is 1.00. The van der Waals surface area contributed by atoms with Gasteiger partial charge in [-0.2, -0.15) is 0 Å². The SMILES string of the molecule is CCN1CCC[C@H]1[C@@H]1CCCN1C(=O)c1ccnc(N(C)C)c1. The van der Waals surface area contributed by atoms with Gasteiger partial charge in [0.2, 0.25) is 0 Å². The lowest BCUT2D eigenvalue weighted by Gasteiger charge is -2.34. The van der Waals surface area contributed by atoms with E-state index in [1.54, 1.807) is 6.20 Å². The molecule has 0 bridgehead atoms. The Hall–Kier alpha value is -1.62. The van der Waals surface area contributed by atoms with Crippen LogP contribution < -0.4 is 4.90 Å². The Bertz CT molecular complexity index is 560. The lowest BCUT2D eigenvalue weighted by atomic mass is 10.0. The molecule has 0 spiro atoms. The fraction of sp³-hybridized carbons (Fsp3) is 0.667. The van der Waals surface area contributed by atoms with Crippen LogP contribution in [0.2, 0.25) is 0 Å². The van der Waals surface area contributed by atoms with E-state index >= 15 is 0 Å². The molecule has 2 atom stereocenters. The van der Waals surface area contributed by atoms with E-state index in [1.807, 2.05) is 31.1 Å². The van der Waals surface area contributed by atoms with Gasteiger partial charge in [-0.3, -0.25) is 9.69 Å². The number of aromatic nitrogens is 1. The number of carbonyl (C=O) groups is 1. The number of hydrogen-bond donors (Lipinski definition) is 0. The number of carbonyl (C=O) groups excluding carboxylic acids is 1. The average Bonchev–Trinajstić information content (AvgIpc) is 3.22. The zero-order valence-electron chi connectivity index (χ0n) is 14.5. The number of pyridine rings is 1. The van der Waals surface area contributed by atoms with Gasteiger partial charge in [0.1, 0.15) is 5.82 Å². The number of anilines is 1. The summed E-state index contributed by atoms with van der Waals surface area (Å²) in [6.45, 7) is 5.38. The van der Waals surface area contributed by atoms with Gasteiger partial charge in [-0.25, -0.2) is 4.98 Å². The summed E-state index contributed by atoms with van der Waals surface area (Å²) in [5.41, 5.74) is 0.761. The highest BCUT2D eigenvalue weighted by molar-refractivity contribution is 5.95. The molecule has 0 N–H and O–H groups in total. The number of likely N-dealkylation sites (N-methyl/N-ethyl adjacent to an activating group) is 1. The van der Waals surface area contributed by atoms with Gasteiger partial charge in [-0.15, -0.1) is 0 Å². The van der Waals surface area contributed by atoms with Crippen molar-refractivity contribution in [3.05, 3.63) is 23.9 Å². The van der Waals surface area contributed by atoms with E-state index in [-0.39, 0.29) is 5.91 Å². The Balaban J connectivity index is 1.79. The van der Waals surface area contributed by atoms with Crippen LogP contribution in [0.3, 0.4) is 0 Å². The fourth-order valence-electron chi connectivity index (χ4n) is 4.09. The summed E-state index contributed by atoms with van der Waals surface area (Å²) in [6, 6.07) is 4.67. The molecular formula is C18H28N4O. The topological polar surface area (TPSA) is 39.7 Å². The largest absolute Gasteiger partial charge is 0.363 e. The molecule has 0 aromatic carbocycles. The number of nitrogens with zero attached hydrogens (tertiary/aromatic N) is 4. The second kappa shape index (κ2) is 6.87. The van der Waals surface area contributed by atoms with Crippen molar-refractivity contribution < 1.29 is 4.79 Å². The Morgan fingerprint density at radius 2 is 2.00 bits per heavy atom. The molecule has 3 heterocycles. The minimum Gasteiger partial charge on any atom is -0.363 e. The molecule has 23 heavy (non-hydrogen) atoms. The van der Waals surface area contributed by atoms with Gasteiger partial charge in [0.15, 0.2) is 0 Å². The van der Waals surface area contributed by atoms with Crippen LogP contribution in [0.4, 0.5) is 5.82 Å². The Labute approximate surface area is 139 Å². The molecule has 5 nitrogen and oxygen atoms in total. The molecule has 0 aliphatic carbocycles. The van der Waals surface area contributed by atoms with Gasteiger partial charge in [-0.1, -0.05) is 6.92 Å². The van der Waals surface area contributed by atoms with Crippen molar-refractivity contribution in [3.8, 4) is 0 Å². The smallest absolute Gasteiger partial charge is 0.254 e. The summed E-state index contributed by atoms with van der Waals surface area (Å²) in [7, 11) is 3.90. The summed E-state index contributed by atoms with van der Waals surface area (Å²) in [6.07, 6.45) is 6.48. The second-order valence-corrected chi connectivity index (χ2v) is 6.84. The minimum absolute atomic E-state index is 0.168. The fourth-order valence-corrected chi connectivity index (χ4v) is 4.09. The molecule has 1 aromatic rings. The van der Waals surface area contributed by atoms with Crippen LogP contribution in [0.5, 0.6) is 0 Å². The lowest BCUT2D eigenvalue weighted by molar-refractivity contribution is 0.0650. The summed E-state index contributed by atoms with van der Waals surface area (Å²) < 4.78 is 0. The number of likely N-dealkylation sites (tertiary alicyclic amines) is 2. The van der Waals surface area contributed by atoms with E-state index < -0.39 is 0 Å². The van der Waals surface area contributed by atoms with Crippen LogP contribution in [0.25, 0.3) is 0 Å². The van der Waals surface area contributed by atoms with Gasteiger partial charge in [0.05, 0.1) is 0 Å². The van der Waals surface area contributed by atoms with Gasteiger partial charge < -0.3 is 9.80 Å². The molecule has 3 rings (SSSR count). The number of rotatable bonds is 4. The van der Waals surface area contributed by atoms with E-state index in [0.717, 1.165) is 37.3 Å². The summed E-state index contributed by atoms with van der Waals surface area (Å²) in [5, 5.41) is 0. The Kier molecular flexibility index (Phi) is 4.85. The molecule has 2 saturated heterocycles. The normalized spacial score (nSPS) is 25.1. The molecule has 0 radical (unpaired) electrons. The van der Waals surface area contributed by atoms with Crippen molar-refractivity contribution in [1.29, 1.82) is 0 Å². The van der Waals surface area contributed by atoms with Crippen LogP contribution in [-0.2, 0) is 0 Å². The van der Waals surface area contributed by atoms with Gasteiger partial charge in [0, 0.05) is 44.5 Å². The minimum atomic E-state index is 0.168. The van der Waals surface area contributed by atoms with Gasteiger partial charge in [0.25, 0.3) is 5.91 Å². The van der Waals surface area contributed by atoms with E-state index in [1.165, 1.54) is 19.4 Å². The van der Waals surface area contributed by atoms with Crippen LogP contribution in [-0.4, -0.2) is 66.5 Å². The predicted octanol–water partition coefficient (Wildman–Crippen LogP) is 2.24. The highest BCUT2D eigenvalue weighted by Gasteiger charge is 2.39. The molecule has 2 aliphatic heterocycles. The predicted molar refractivity (Wildman–Crippen MR) is 92.9 cm³/mol. The zero-order valence-corrected chi connectivity index (χ0v) is 14.5. The summed E-state index contributed by atoms with van der Waals surface area (Å²) >= 11 is 0. The zero-order chi connectivity index (χ0) is 16.4. The monoisotopic (exact) mass is 316 g/mol. The molecule has 126 valence electrons. The molecule has 1 aromatic heterocycles. The third-order valence-electron chi connectivity index (χ3n) is 5.28. The standard InChI is InChI=1S/C18H28N4O/c1-4-21-11-5-7-15(21)16-8-6-12-22(16)18(23)14-9-10-19-17(13-14)20(2)3/h9-10,13,15-16H,4-8,11-12H2,1-3H3/t15-,16-/m0/s1. The van der Waals surface area contributed by atoms with Crippen molar-refractivity contribution in [2.45, 2.75) is 44.7 Å². The number of hydrogen-bond acceptors (Lipinski definition) is 4. The maximum Gasteiger partial charge on any atom is 0.254 e. The quantitative estimate of drug-likeness (QED) is 0.854. The third-order valence-corrected chi connectivity index (χ3v) is 5.28. The Morgan fingerprint density at radius 1 is 1.26 bits per heavy atom. The molecule has 2 aliphatic rings. The second-order valence-electron chi connectivity index (χ2n) is 6.84. The van der Waals surface area contributed by atoms with E-state index in [4.69, 9.17) is 0 Å². The first-order valence-electron chi connectivity index (χ1n) is 8.80. The van der Waals surface area contributed by atoms with Crippen molar-refractivity contribution >= 4 is 11.7 Å². The van der Waals surface area contributed by atoms with Crippen LogP contribution in [0.15, 0.2) is 18.3 Å². The highest BCUT2D eigenvalue weighted by Crippen LogP contribution is 2.31. The lowest BCUT2D eigenvalue weighted by Crippen LogP contribution is -2.48. The molecule has 0 unspecified atom stereocenters. The molecule has 1 amide bonds. The van der Waals surface area contributed by atoms with E-state index in [0.29, 0.717) is 12.1 Å². The van der Waals surface area contributed by atoms with Crippen molar-refractivity contribution in [2.75, 3.05) is 38.6 Å². The maximum atomic E-state index is 13.0. The Morgan fingerprint density at radius 3 is 2.74 bits per heavy atom. The molecule has 2 fully saturated rings. The first-order chi connectivity index (χ1) is 11.1. The third kappa shape index (κ3) is 3.20. The van der Waals surface area contributed by atoms with Crippen LogP contribution in [0, 0.1) is 0 Å². The van der Waals surface area contributed by atoms with Crippen molar-refractivity contribution in [1.82, 2.24) is 14.8 Å². The average molecular weight is 316 g/mol. The van der Waals surface area contributed by atoms with Gasteiger partial charge in [-0.05, 0) is 50.9 Å². The van der Waals surface area contributed by atoms with E-state index in [9.17, 15) is 4.79 Å². The first kappa shape index (κ1) is 16.2. The van der Waals surface area contributed by atoms with Gasteiger partial charge >= 0.3 is 0 Å². The molecular weight excluding hydrogens is 288 g/mol. The number of amides is 1. The molecule has 5 heteroatoms. The first-order valence-corrected chi connectivity index (χ1v) is 8.80. The molecule has 0 saturated carbocycles. The highest BCUT2D eigenvalue weighted by atomic mass is 16.2. The van der Waals surface area contributed by atoms with E-state index in [2.05, 4.69) is 21.7 Å².